The van der Waals surface area contributed by atoms with Crippen LogP contribution in [0.5, 0.6) is 0 Å². The molecule has 5 unspecified atom stereocenters. The summed E-state index contributed by atoms with van der Waals surface area (Å²) in [7, 11) is 0. The first kappa shape index (κ1) is 20.6. The summed E-state index contributed by atoms with van der Waals surface area (Å²) >= 11 is 4.51. The predicted octanol–water partition coefficient (Wildman–Crippen LogP) is 5.94. The fourth-order valence-corrected chi connectivity index (χ4v) is 4.62. The quantitative estimate of drug-likeness (QED) is 0.370. The molecule has 3 heteroatoms. The molecule has 1 rings (SSSR count). The van der Waals surface area contributed by atoms with E-state index < -0.39 is 6.67 Å². The molecule has 0 aromatic carbocycles. The van der Waals surface area contributed by atoms with E-state index in [4.69, 9.17) is 0 Å². The molecule has 1 saturated carbocycles. The topological polar surface area (TPSA) is 12.0 Å². The number of hydrogen-bond acceptors (Lipinski definition) is 2. The van der Waals surface area contributed by atoms with Gasteiger partial charge in [0.1, 0.15) is 6.67 Å². The number of rotatable bonds is 10. The number of halogens is 1. The number of hydrogen-bond donors (Lipinski definition) is 2. The van der Waals surface area contributed by atoms with Gasteiger partial charge in [0.25, 0.3) is 0 Å². The van der Waals surface area contributed by atoms with E-state index >= 15 is 0 Å². The average molecular weight is 342 g/mol. The average Bonchev–Trinajstić information content (AvgIpc) is 2.51. The second-order valence-corrected chi connectivity index (χ2v) is 8.15. The molecule has 5 atom stereocenters. The molecule has 0 bridgehead atoms. The van der Waals surface area contributed by atoms with Crippen molar-refractivity contribution in [2.45, 2.75) is 76.5 Å². The molecule has 0 heterocycles. The van der Waals surface area contributed by atoms with Gasteiger partial charge in [-0.15, -0.1) is 0 Å². The van der Waals surface area contributed by atoms with Crippen molar-refractivity contribution in [1.82, 2.24) is 5.32 Å². The van der Waals surface area contributed by atoms with E-state index in [1.54, 1.807) is 12.3 Å². The van der Waals surface area contributed by atoms with Gasteiger partial charge in [-0.2, -0.15) is 12.6 Å². The summed E-state index contributed by atoms with van der Waals surface area (Å²) in [6, 6.07) is 0. The Kier molecular flexibility index (Phi) is 9.34. The van der Waals surface area contributed by atoms with E-state index in [2.05, 4.69) is 51.4 Å². The Bertz CT molecular complexity index is 369. The van der Waals surface area contributed by atoms with Gasteiger partial charge in [-0.1, -0.05) is 65.2 Å². The van der Waals surface area contributed by atoms with Crippen LogP contribution in [-0.2, 0) is 0 Å². The van der Waals surface area contributed by atoms with Crippen molar-refractivity contribution in [2.75, 3.05) is 6.67 Å². The van der Waals surface area contributed by atoms with Gasteiger partial charge in [-0.25, -0.2) is 4.39 Å². The lowest BCUT2D eigenvalue weighted by molar-refractivity contribution is 0.0741. The predicted molar refractivity (Wildman–Crippen MR) is 104 cm³/mol. The van der Waals surface area contributed by atoms with Crippen LogP contribution in [0.1, 0.15) is 65.7 Å². The van der Waals surface area contributed by atoms with E-state index in [1.165, 1.54) is 38.5 Å². The highest BCUT2D eigenvalue weighted by Crippen LogP contribution is 2.46. The molecule has 1 N–H and O–H groups in total. The first-order valence-electron chi connectivity index (χ1n) is 9.31. The van der Waals surface area contributed by atoms with E-state index in [9.17, 15) is 4.39 Å². The Hall–Kier alpha value is -0.440. The van der Waals surface area contributed by atoms with Crippen LogP contribution in [0.4, 0.5) is 4.39 Å². The molecule has 0 aliphatic heterocycles. The van der Waals surface area contributed by atoms with E-state index in [0.29, 0.717) is 17.1 Å². The van der Waals surface area contributed by atoms with Gasteiger partial charge >= 0.3 is 0 Å². The Balaban J connectivity index is 2.86. The molecule has 0 aromatic heterocycles. The van der Waals surface area contributed by atoms with Crippen molar-refractivity contribution in [3.8, 4) is 0 Å². The Morgan fingerprint density at radius 3 is 2.74 bits per heavy atom. The normalized spacial score (nSPS) is 32.8. The summed E-state index contributed by atoms with van der Waals surface area (Å²) in [6.07, 6.45) is 14.0. The van der Waals surface area contributed by atoms with Crippen LogP contribution in [0.25, 0.3) is 0 Å². The van der Waals surface area contributed by atoms with Gasteiger partial charge < -0.3 is 5.32 Å². The summed E-state index contributed by atoms with van der Waals surface area (Å²) in [5.41, 5.74) is -0.124. The maximum Gasteiger partial charge on any atom is 0.108 e. The molecule has 1 aliphatic carbocycles. The minimum atomic E-state index is -0.394. The van der Waals surface area contributed by atoms with Gasteiger partial charge in [-0.3, -0.25) is 0 Å². The zero-order chi connectivity index (χ0) is 17.3. The lowest BCUT2D eigenvalue weighted by Crippen LogP contribution is -2.53. The van der Waals surface area contributed by atoms with Crippen LogP contribution in [-0.4, -0.2) is 17.5 Å². The second kappa shape index (κ2) is 10.4. The smallest absolute Gasteiger partial charge is 0.108 e. The van der Waals surface area contributed by atoms with E-state index in [0.717, 1.165) is 12.3 Å². The van der Waals surface area contributed by atoms with Crippen LogP contribution in [0.3, 0.4) is 0 Å². The third-order valence-corrected chi connectivity index (χ3v) is 5.94. The Morgan fingerprint density at radius 2 is 2.17 bits per heavy atom. The van der Waals surface area contributed by atoms with Crippen LogP contribution in [0, 0.1) is 17.8 Å². The standard InChI is InChI=1S/C20H36FNS/c1-5-9-19-17(4)20(22-6-2,13-8-15-21)14-12-18(19)11-7-10-16(3)23/h6,8,13,16-19,22-23H,2,5,7,9-12,14-15H2,1,3-4H3/b13-8+. The molecule has 0 amide bonds. The molecule has 0 aromatic rings. The van der Waals surface area contributed by atoms with Crippen molar-refractivity contribution in [1.29, 1.82) is 0 Å². The Labute approximate surface area is 148 Å². The largest absolute Gasteiger partial charge is 0.382 e. The van der Waals surface area contributed by atoms with Gasteiger partial charge in [0.05, 0.1) is 5.54 Å². The first-order chi connectivity index (χ1) is 11.0. The maximum atomic E-state index is 12.7. The third-order valence-electron chi connectivity index (χ3n) is 5.68. The molecule has 23 heavy (non-hydrogen) atoms. The molecule has 0 saturated heterocycles. The molecule has 0 radical (unpaired) electrons. The van der Waals surface area contributed by atoms with E-state index in [-0.39, 0.29) is 5.54 Å². The van der Waals surface area contributed by atoms with Gasteiger partial charge in [-0.05, 0) is 48.5 Å². The molecule has 1 fully saturated rings. The van der Waals surface area contributed by atoms with Crippen LogP contribution >= 0.6 is 12.6 Å². The molecular formula is C20H36FNS. The van der Waals surface area contributed by atoms with Gasteiger partial charge in [0.15, 0.2) is 0 Å². The van der Waals surface area contributed by atoms with Crippen LogP contribution in [0.2, 0.25) is 0 Å². The minimum Gasteiger partial charge on any atom is -0.382 e. The zero-order valence-corrected chi connectivity index (χ0v) is 16.1. The van der Waals surface area contributed by atoms with Crippen LogP contribution < -0.4 is 5.32 Å². The number of alkyl halides is 1. The lowest BCUT2D eigenvalue weighted by atomic mass is 9.60. The highest BCUT2D eigenvalue weighted by atomic mass is 32.1. The van der Waals surface area contributed by atoms with Crippen molar-refractivity contribution in [3.05, 3.63) is 24.9 Å². The summed E-state index contributed by atoms with van der Waals surface area (Å²) in [5.74, 6) is 1.98. The SMILES string of the molecule is C=CNC1(/C=C/CF)CCC(CCCC(C)S)C(CCC)C1C. The van der Waals surface area contributed by atoms with Crippen molar-refractivity contribution in [3.63, 3.8) is 0 Å². The summed E-state index contributed by atoms with van der Waals surface area (Å²) in [6.45, 7) is 10.2. The molecule has 0 spiro atoms. The third kappa shape index (κ3) is 5.85. The number of thiol groups is 1. The van der Waals surface area contributed by atoms with Crippen molar-refractivity contribution in [2.24, 2.45) is 17.8 Å². The number of nitrogens with one attached hydrogen (secondary N) is 1. The molecular weight excluding hydrogens is 305 g/mol. The minimum absolute atomic E-state index is 0.124. The number of allylic oxidation sites excluding steroid dienone is 1. The van der Waals surface area contributed by atoms with Crippen LogP contribution in [0.15, 0.2) is 24.9 Å². The summed E-state index contributed by atoms with van der Waals surface area (Å²) < 4.78 is 12.7. The van der Waals surface area contributed by atoms with Gasteiger partial charge in [0, 0.05) is 0 Å². The zero-order valence-electron chi connectivity index (χ0n) is 15.2. The fourth-order valence-electron chi connectivity index (χ4n) is 4.44. The highest BCUT2D eigenvalue weighted by molar-refractivity contribution is 7.80. The highest BCUT2D eigenvalue weighted by Gasteiger charge is 2.44. The molecule has 1 nitrogen and oxygen atoms in total. The lowest BCUT2D eigenvalue weighted by Gasteiger charge is -2.49. The van der Waals surface area contributed by atoms with Gasteiger partial charge in [0.2, 0.25) is 0 Å². The molecule has 1 aliphatic rings. The monoisotopic (exact) mass is 341 g/mol. The second-order valence-electron chi connectivity index (χ2n) is 7.27. The van der Waals surface area contributed by atoms with E-state index in [1.807, 2.05) is 0 Å². The first-order valence-corrected chi connectivity index (χ1v) is 9.82. The fraction of sp³-hybridized carbons (Fsp3) is 0.800. The Morgan fingerprint density at radius 1 is 1.43 bits per heavy atom. The summed E-state index contributed by atoms with van der Waals surface area (Å²) in [5, 5.41) is 3.96. The summed E-state index contributed by atoms with van der Waals surface area (Å²) in [4.78, 5) is 0. The molecule has 134 valence electrons. The van der Waals surface area contributed by atoms with Crippen molar-refractivity contribution >= 4 is 12.6 Å². The van der Waals surface area contributed by atoms with Crippen molar-refractivity contribution < 1.29 is 4.39 Å². The maximum absolute atomic E-state index is 12.7.